The average Bonchev–Trinajstić information content (AvgIpc) is 2.61. The number of carbonyl (C=O) groups excluding carboxylic acids is 1. The first kappa shape index (κ1) is 13.1. The predicted molar refractivity (Wildman–Crippen MR) is 73.6 cm³/mol. The molecule has 0 aromatic heterocycles. The quantitative estimate of drug-likeness (QED) is 0.840. The van der Waals surface area contributed by atoms with Gasteiger partial charge in [-0.1, -0.05) is 26.0 Å². The average molecular weight is 247 g/mol. The van der Waals surface area contributed by atoms with Crippen LogP contribution in [0.4, 0.5) is 5.69 Å². The molecule has 1 aromatic rings. The van der Waals surface area contributed by atoms with Gasteiger partial charge < -0.3 is 16.0 Å². The van der Waals surface area contributed by atoms with Crippen molar-refractivity contribution in [1.29, 1.82) is 0 Å². The summed E-state index contributed by atoms with van der Waals surface area (Å²) in [5.41, 5.74) is 9.32. The zero-order valence-corrected chi connectivity index (χ0v) is 11.2. The lowest BCUT2D eigenvalue weighted by Crippen LogP contribution is -2.31. The Morgan fingerprint density at radius 2 is 2.17 bits per heavy atom. The van der Waals surface area contributed by atoms with Crippen LogP contribution in [0, 0.1) is 0 Å². The number of nitrogens with zero attached hydrogens (tertiary/aromatic N) is 1. The minimum atomic E-state index is -0.0290. The first-order valence-electron chi connectivity index (χ1n) is 6.37. The molecule has 18 heavy (non-hydrogen) atoms. The molecule has 1 heterocycles. The minimum Gasteiger partial charge on any atom is -0.323 e. The molecule has 0 saturated heterocycles. The highest BCUT2D eigenvalue weighted by Crippen LogP contribution is 2.29. The molecule has 1 aliphatic rings. The van der Waals surface area contributed by atoms with E-state index in [2.05, 4.69) is 25.2 Å². The van der Waals surface area contributed by atoms with E-state index in [0.717, 1.165) is 23.4 Å². The van der Waals surface area contributed by atoms with Crippen molar-refractivity contribution in [3.63, 3.8) is 0 Å². The number of hydrogen-bond acceptors (Lipinski definition) is 3. The fourth-order valence-electron chi connectivity index (χ4n) is 2.20. The van der Waals surface area contributed by atoms with Crippen molar-refractivity contribution in [2.45, 2.75) is 32.4 Å². The van der Waals surface area contributed by atoms with E-state index in [0.29, 0.717) is 12.5 Å². The van der Waals surface area contributed by atoms with Gasteiger partial charge in [0, 0.05) is 31.4 Å². The summed E-state index contributed by atoms with van der Waals surface area (Å²) >= 11 is 0. The Balaban J connectivity index is 2.13. The second-order valence-corrected chi connectivity index (χ2v) is 5.19. The number of carbonyl (C=O) groups is 1. The molecule has 3 N–H and O–H groups in total. The van der Waals surface area contributed by atoms with E-state index in [4.69, 9.17) is 5.73 Å². The van der Waals surface area contributed by atoms with Gasteiger partial charge in [0.15, 0.2) is 0 Å². The summed E-state index contributed by atoms with van der Waals surface area (Å²) in [6.07, 6.45) is 0.490. The smallest absolute Gasteiger partial charge is 0.231 e. The number of nitrogens with two attached hydrogens (primary N) is 1. The van der Waals surface area contributed by atoms with E-state index < -0.39 is 0 Å². The fraction of sp³-hybridized carbons (Fsp3) is 0.500. The van der Waals surface area contributed by atoms with Gasteiger partial charge in [-0.2, -0.15) is 0 Å². The van der Waals surface area contributed by atoms with Crippen molar-refractivity contribution in [2.24, 2.45) is 5.73 Å². The highest BCUT2D eigenvalue weighted by molar-refractivity contribution is 6.00. The van der Waals surface area contributed by atoms with Gasteiger partial charge in [0.1, 0.15) is 0 Å². The summed E-state index contributed by atoms with van der Waals surface area (Å²) < 4.78 is 0. The molecule has 1 atom stereocenters. The van der Waals surface area contributed by atoms with Crippen LogP contribution >= 0.6 is 0 Å². The SMILES string of the molecule is CC(C)NCC(N)c1ccc2c(c1)CC(=O)N2C. The van der Waals surface area contributed by atoms with E-state index in [1.807, 2.05) is 19.2 Å². The number of fused-ring (bicyclic) bond motifs is 1. The summed E-state index contributed by atoms with van der Waals surface area (Å²) in [4.78, 5) is 13.3. The Kier molecular flexibility index (Phi) is 3.68. The molecule has 1 aromatic carbocycles. The van der Waals surface area contributed by atoms with Crippen molar-refractivity contribution in [1.82, 2.24) is 5.32 Å². The molecule has 1 amide bonds. The largest absolute Gasteiger partial charge is 0.323 e. The number of hydrogen-bond donors (Lipinski definition) is 2. The third-order valence-electron chi connectivity index (χ3n) is 3.35. The van der Waals surface area contributed by atoms with E-state index in [1.54, 1.807) is 4.90 Å². The van der Waals surface area contributed by atoms with Crippen LogP contribution in [0.15, 0.2) is 18.2 Å². The van der Waals surface area contributed by atoms with Gasteiger partial charge in [-0.15, -0.1) is 0 Å². The molecule has 4 heteroatoms. The molecule has 1 aliphatic heterocycles. The first-order chi connectivity index (χ1) is 8.49. The molecule has 0 spiro atoms. The van der Waals surface area contributed by atoms with Crippen LogP contribution in [-0.4, -0.2) is 25.5 Å². The number of benzene rings is 1. The molecule has 0 radical (unpaired) electrons. The Hall–Kier alpha value is -1.39. The summed E-state index contributed by atoms with van der Waals surface area (Å²) in [6.45, 7) is 4.95. The van der Waals surface area contributed by atoms with Gasteiger partial charge in [0.05, 0.1) is 6.42 Å². The van der Waals surface area contributed by atoms with Crippen molar-refractivity contribution in [2.75, 3.05) is 18.5 Å². The van der Waals surface area contributed by atoms with Crippen LogP contribution in [0.2, 0.25) is 0 Å². The maximum atomic E-state index is 11.6. The van der Waals surface area contributed by atoms with Gasteiger partial charge in [0.25, 0.3) is 0 Å². The van der Waals surface area contributed by atoms with E-state index >= 15 is 0 Å². The molecule has 0 bridgehead atoms. The van der Waals surface area contributed by atoms with Crippen LogP contribution in [0.25, 0.3) is 0 Å². The second kappa shape index (κ2) is 5.08. The molecule has 0 aliphatic carbocycles. The van der Waals surface area contributed by atoms with E-state index in [1.165, 1.54) is 0 Å². The number of anilines is 1. The zero-order valence-electron chi connectivity index (χ0n) is 11.2. The lowest BCUT2D eigenvalue weighted by molar-refractivity contribution is -0.117. The maximum Gasteiger partial charge on any atom is 0.231 e. The van der Waals surface area contributed by atoms with Crippen LogP contribution in [-0.2, 0) is 11.2 Å². The van der Waals surface area contributed by atoms with Crippen LogP contribution in [0.3, 0.4) is 0 Å². The standard InChI is InChI=1S/C14H21N3O/c1-9(2)16-8-12(15)10-4-5-13-11(6-10)7-14(18)17(13)3/h4-6,9,12,16H,7-8,15H2,1-3H3. The molecule has 0 fully saturated rings. The van der Waals surface area contributed by atoms with Gasteiger partial charge in [-0.3, -0.25) is 4.79 Å². The molecular formula is C14H21N3O. The summed E-state index contributed by atoms with van der Waals surface area (Å²) in [5, 5.41) is 3.33. The molecule has 98 valence electrons. The molecular weight excluding hydrogens is 226 g/mol. The Labute approximate surface area is 108 Å². The van der Waals surface area contributed by atoms with Gasteiger partial charge in [0.2, 0.25) is 5.91 Å². The fourth-order valence-corrected chi connectivity index (χ4v) is 2.20. The molecule has 2 rings (SSSR count). The van der Waals surface area contributed by atoms with Crippen molar-refractivity contribution in [3.8, 4) is 0 Å². The Bertz CT molecular complexity index is 456. The van der Waals surface area contributed by atoms with Gasteiger partial charge >= 0.3 is 0 Å². The number of rotatable bonds is 4. The third-order valence-corrected chi connectivity index (χ3v) is 3.35. The predicted octanol–water partition coefficient (Wildman–Crippen LogP) is 1.20. The van der Waals surface area contributed by atoms with Crippen LogP contribution in [0.1, 0.15) is 31.0 Å². The zero-order chi connectivity index (χ0) is 13.3. The third kappa shape index (κ3) is 2.54. The van der Waals surface area contributed by atoms with Gasteiger partial charge in [-0.05, 0) is 17.2 Å². The lowest BCUT2D eigenvalue weighted by atomic mass is 10.0. The summed E-state index contributed by atoms with van der Waals surface area (Å²) in [6, 6.07) is 6.46. The maximum absolute atomic E-state index is 11.6. The summed E-state index contributed by atoms with van der Waals surface area (Å²) in [7, 11) is 1.81. The summed E-state index contributed by atoms with van der Waals surface area (Å²) in [5.74, 6) is 0.149. The number of amides is 1. The van der Waals surface area contributed by atoms with Crippen molar-refractivity contribution in [3.05, 3.63) is 29.3 Å². The monoisotopic (exact) mass is 247 g/mol. The van der Waals surface area contributed by atoms with E-state index in [-0.39, 0.29) is 11.9 Å². The van der Waals surface area contributed by atoms with Crippen LogP contribution in [0.5, 0.6) is 0 Å². The topological polar surface area (TPSA) is 58.4 Å². The van der Waals surface area contributed by atoms with E-state index in [9.17, 15) is 4.79 Å². The Morgan fingerprint density at radius 1 is 1.44 bits per heavy atom. The second-order valence-electron chi connectivity index (χ2n) is 5.19. The van der Waals surface area contributed by atoms with Gasteiger partial charge in [-0.25, -0.2) is 0 Å². The Morgan fingerprint density at radius 3 is 2.83 bits per heavy atom. The first-order valence-corrected chi connectivity index (χ1v) is 6.37. The normalized spacial score (nSPS) is 16.3. The van der Waals surface area contributed by atoms with Crippen molar-refractivity contribution >= 4 is 11.6 Å². The molecule has 4 nitrogen and oxygen atoms in total. The van der Waals surface area contributed by atoms with Crippen LogP contribution < -0.4 is 16.0 Å². The molecule has 0 saturated carbocycles. The number of likely N-dealkylation sites (N-methyl/N-ethyl adjacent to an activating group) is 1. The minimum absolute atomic E-state index is 0.0290. The highest BCUT2D eigenvalue weighted by Gasteiger charge is 2.24. The lowest BCUT2D eigenvalue weighted by Gasteiger charge is -2.17. The number of nitrogens with one attached hydrogen (secondary N) is 1. The van der Waals surface area contributed by atoms with Crippen molar-refractivity contribution < 1.29 is 4.79 Å². The highest BCUT2D eigenvalue weighted by atomic mass is 16.2. The molecule has 1 unspecified atom stereocenters.